The zero-order valence-corrected chi connectivity index (χ0v) is 11.0. The van der Waals surface area contributed by atoms with Crippen molar-refractivity contribution in [2.75, 3.05) is 0 Å². The lowest BCUT2D eigenvalue weighted by atomic mass is 10.1. The first-order chi connectivity index (χ1) is 8.22. The van der Waals surface area contributed by atoms with Gasteiger partial charge in [-0.05, 0) is 30.2 Å². The van der Waals surface area contributed by atoms with Gasteiger partial charge in [-0.1, -0.05) is 56.0 Å². The average molecular weight is 251 g/mol. The molecular weight excluding hydrogens is 232 g/mol. The highest BCUT2D eigenvalue weighted by atomic mass is 35.5. The monoisotopic (exact) mass is 250 g/mol. The van der Waals surface area contributed by atoms with Crippen LogP contribution in [0.3, 0.4) is 0 Å². The van der Waals surface area contributed by atoms with Gasteiger partial charge in [-0.3, -0.25) is 4.79 Å². The van der Waals surface area contributed by atoms with Gasteiger partial charge in [-0.15, -0.1) is 0 Å². The van der Waals surface area contributed by atoms with E-state index in [1.807, 2.05) is 30.3 Å². The number of hydrogen-bond donors (Lipinski definition) is 0. The summed E-state index contributed by atoms with van der Waals surface area (Å²) in [7, 11) is 0. The predicted octanol–water partition coefficient (Wildman–Crippen LogP) is 4.89. The van der Waals surface area contributed by atoms with Crippen molar-refractivity contribution in [2.45, 2.75) is 39.0 Å². The van der Waals surface area contributed by atoms with Crippen LogP contribution in [0.15, 0.2) is 30.3 Å². The van der Waals surface area contributed by atoms with E-state index in [1.54, 1.807) is 6.08 Å². The highest BCUT2D eigenvalue weighted by molar-refractivity contribution is 6.30. The van der Waals surface area contributed by atoms with E-state index in [2.05, 4.69) is 6.92 Å². The molecule has 0 bridgehead atoms. The molecule has 0 saturated heterocycles. The summed E-state index contributed by atoms with van der Waals surface area (Å²) in [6, 6.07) is 7.49. The molecule has 1 aromatic carbocycles. The number of benzene rings is 1. The van der Waals surface area contributed by atoms with Crippen molar-refractivity contribution in [1.29, 1.82) is 0 Å². The van der Waals surface area contributed by atoms with Crippen molar-refractivity contribution in [3.05, 3.63) is 40.9 Å². The lowest BCUT2D eigenvalue weighted by molar-refractivity contribution is -0.114. The van der Waals surface area contributed by atoms with Crippen molar-refractivity contribution in [2.24, 2.45) is 0 Å². The van der Waals surface area contributed by atoms with Gasteiger partial charge in [-0.2, -0.15) is 0 Å². The minimum Gasteiger partial charge on any atom is -0.295 e. The number of allylic oxidation sites excluding steroid dienone is 1. The summed E-state index contributed by atoms with van der Waals surface area (Å²) < 4.78 is 0. The first kappa shape index (κ1) is 14.0. The minimum atomic E-state index is 0.195. The molecule has 1 aromatic rings. The van der Waals surface area contributed by atoms with E-state index in [4.69, 9.17) is 11.6 Å². The average Bonchev–Trinajstić information content (AvgIpc) is 2.32. The first-order valence-corrected chi connectivity index (χ1v) is 6.56. The van der Waals surface area contributed by atoms with Gasteiger partial charge in [0, 0.05) is 11.4 Å². The second-order valence-electron chi connectivity index (χ2n) is 4.17. The fourth-order valence-corrected chi connectivity index (χ4v) is 1.81. The Labute approximate surface area is 108 Å². The van der Waals surface area contributed by atoms with Crippen LogP contribution in [-0.4, -0.2) is 5.78 Å². The number of carbonyl (C=O) groups is 1. The molecule has 0 N–H and O–H groups in total. The van der Waals surface area contributed by atoms with Gasteiger partial charge < -0.3 is 0 Å². The molecule has 0 heterocycles. The van der Waals surface area contributed by atoms with Crippen LogP contribution >= 0.6 is 11.6 Å². The number of unbranched alkanes of at least 4 members (excludes halogenated alkanes) is 3. The standard InChI is InChI=1S/C15H19ClO/c1-2-3-4-5-9-15(17)11-10-13-7-6-8-14(16)12-13/h6-8,10-12H,2-5,9H2,1H3/b11-10+. The Morgan fingerprint density at radius 3 is 2.82 bits per heavy atom. The predicted molar refractivity (Wildman–Crippen MR) is 74.3 cm³/mol. The van der Waals surface area contributed by atoms with E-state index in [-0.39, 0.29) is 5.78 Å². The zero-order chi connectivity index (χ0) is 12.5. The number of rotatable bonds is 7. The van der Waals surface area contributed by atoms with Gasteiger partial charge in [0.25, 0.3) is 0 Å². The summed E-state index contributed by atoms with van der Waals surface area (Å²) in [6.07, 6.45) is 8.68. The molecule has 0 fully saturated rings. The van der Waals surface area contributed by atoms with E-state index < -0.39 is 0 Å². The van der Waals surface area contributed by atoms with Gasteiger partial charge in [0.15, 0.2) is 5.78 Å². The molecule has 0 aliphatic rings. The van der Waals surface area contributed by atoms with Crippen molar-refractivity contribution < 1.29 is 4.79 Å². The SMILES string of the molecule is CCCCCCC(=O)/C=C/c1cccc(Cl)c1. The molecule has 0 aliphatic heterocycles. The number of halogens is 1. The summed E-state index contributed by atoms with van der Waals surface area (Å²) in [5, 5.41) is 0.697. The van der Waals surface area contributed by atoms with Gasteiger partial charge >= 0.3 is 0 Å². The minimum absolute atomic E-state index is 0.195. The lowest BCUT2D eigenvalue weighted by Crippen LogP contribution is -1.92. The second kappa shape index (κ2) is 8.08. The fraction of sp³-hybridized carbons (Fsp3) is 0.400. The quantitative estimate of drug-likeness (QED) is 0.497. The van der Waals surface area contributed by atoms with E-state index in [1.165, 1.54) is 12.8 Å². The second-order valence-corrected chi connectivity index (χ2v) is 4.60. The third kappa shape index (κ3) is 6.28. The lowest BCUT2D eigenvalue weighted by Gasteiger charge is -1.96. The van der Waals surface area contributed by atoms with Crippen molar-refractivity contribution in [3.63, 3.8) is 0 Å². The zero-order valence-electron chi connectivity index (χ0n) is 10.3. The highest BCUT2D eigenvalue weighted by Crippen LogP contribution is 2.12. The number of ketones is 1. The summed E-state index contributed by atoms with van der Waals surface area (Å²) in [5.41, 5.74) is 0.972. The molecule has 0 unspecified atom stereocenters. The Morgan fingerprint density at radius 1 is 1.29 bits per heavy atom. The normalized spacial score (nSPS) is 10.9. The van der Waals surface area contributed by atoms with Crippen molar-refractivity contribution in [3.8, 4) is 0 Å². The summed E-state index contributed by atoms with van der Waals surface area (Å²) in [4.78, 5) is 11.5. The Kier molecular flexibility index (Phi) is 6.64. The van der Waals surface area contributed by atoms with Crippen LogP contribution in [-0.2, 0) is 4.79 Å². The topological polar surface area (TPSA) is 17.1 Å². The molecule has 1 rings (SSSR count). The highest BCUT2D eigenvalue weighted by Gasteiger charge is 1.96. The van der Waals surface area contributed by atoms with E-state index in [9.17, 15) is 4.79 Å². The maximum absolute atomic E-state index is 11.5. The summed E-state index contributed by atoms with van der Waals surface area (Å²) in [6.45, 7) is 2.17. The molecule has 0 spiro atoms. The molecular formula is C15H19ClO. The maximum atomic E-state index is 11.5. The smallest absolute Gasteiger partial charge is 0.155 e. The van der Waals surface area contributed by atoms with Crippen LogP contribution in [0.5, 0.6) is 0 Å². The van der Waals surface area contributed by atoms with E-state index in [0.29, 0.717) is 11.4 Å². The molecule has 2 heteroatoms. The van der Waals surface area contributed by atoms with Gasteiger partial charge in [-0.25, -0.2) is 0 Å². The van der Waals surface area contributed by atoms with E-state index >= 15 is 0 Å². The Balaban J connectivity index is 2.35. The van der Waals surface area contributed by atoms with E-state index in [0.717, 1.165) is 18.4 Å². The van der Waals surface area contributed by atoms with Crippen LogP contribution in [0.4, 0.5) is 0 Å². The molecule has 0 amide bonds. The van der Waals surface area contributed by atoms with Gasteiger partial charge in [0.05, 0.1) is 0 Å². The summed E-state index contributed by atoms with van der Waals surface area (Å²) in [5.74, 6) is 0.195. The van der Waals surface area contributed by atoms with Crippen molar-refractivity contribution in [1.82, 2.24) is 0 Å². The number of hydrogen-bond acceptors (Lipinski definition) is 1. The molecule has 0 saturated carbocycles. The van der Waals surface area contributed by atoms with Crippen molar-refractivity contribution >= 4 is 23.5 Å². The maximum Gasteiger partial charge on any atom is 0.155 e. The molecule has 0 atom stereocenters. The third-order valence-corrected chi connectivity index (χ3v) is 2.82. The fourth-order valence-electron chi connectivity index (χ4n) is 1.61. The number of carbonyl (C=O) groups excluding carboxylic acids is 1. The Hall–Kier alpha value is -1.08. The third-order valence-electron chi connectivity index (χ3n) is 2.59. The van der Waals surface area contributed by atoms with Crippen LogP contribution in [0.25, 0.3) is 6.08 Å². The molecule has 0 aliphatic carbocycles. The Morgan fingerprint density at radius 2 is 2.12 bits per heavy atom. The van der Waals surface area contributed by atoms with Gasteiger partial charge in [0.2, 0.25) is 0 Å². The van der Waals surface area contributed by atoms with Crippen LogP contribution in [0, 0.1) is 0 Å². The Bertz CT molecular complexity index is 382. The van der Waals surface area contributed by atoms with Crippen LogP contribution < -0.4 is 0 Å². The molecule has 17 heavy (non-hydrogen) atoms. The van der Waals surface area contributed by atoms with Crippen LogP contribution in [0.2, 0.25) is 5.02 Å². The molecule has 92 valence electrons. The van der Waals surface area contributed by atoms with Crippen LogP contribution in [0.1, 0.15) is 44.6 Å². The van der Waals surface area contributed by atoms with Gasteiger partial charge in [0.1, 0.15) is 0 Å². The first-order valence-electron chi connectivity index (χ1n) is 6.19. The molecule has 0 radical (unpaired) electrons. The summed E-state index contributed by atoms with van der Waals surface area (Å²) >= 11 is 5.86. The molecule has 1 nitrogen and oxygen atoms in total. The largest absolute Gasteiger partial charge is 0.295 e. The molecule has 0 aromatic heterocycles.